The van der Waals surface area contributed by atoms with Crippen LogP contribution < -0.4 is 4.90 Å². The van der Waals surface area contributed by atoms with Gasteiger partial charge in [0, 0.05) is 16.6 Å². The summed E-state index contributed by atoms with van der Waals surface area (Å²) in [7, 11) is 0. The second kappa shape index (κ2) is 13.9. The maximum absolute atomic E-state index is 6.45. The minimum atomic E-state index is 0.865. The standard InChI is InChI=1S/C58H37NO/c1-3-13-46-39(11-1)27-28-44-37-43(32-35-49(44)46)38-29-33-45(34-30-38)59(55-20-10-22-57-58(55)53-16-6-8-21-56(53)60-57)54-19-7-5-15-50(54)42-25-23-41(24-26-42)48-17-9-18-51-47-14-4-2-12-40(47)31-36-52(48)51/h1-37H. The summed E-state index contributed by atoms with van der Waals surface area (Å²) in [6, 6.07) is 81.3. The van der Waals surface area contributed by atoms with E-state index in [0.717, 1.165) is 50.1 Å². The SMILES string of the molecule is c1ccc(N(c2ccc(-c3ccc4c(ccc5ccccc54)c3)cc2)c2cccc3oc4ccccc4c23)c(-c2ccc(-c3cccc4c3ccc3ccccc34)cc2)c1. The average Bonchev–Trinajstić information content (AvgIpc) is 3.71. The van der Waals surface area contributed by atoms with Gasteiger partial charge in [0.05, 0.1) is 16.8 Å². The molecular weight excluding hydrogens is 727 g/mol. The summed E-state index contributed by atoms with van der Waals surface area (Å²) in [5, 5.41) is 12.3. The van der Waals surface area contributed by atoms with Crippen molar-refractivity contribution < 1.29 is 4.42 Å². The summed E-state index contributed by atoms with van der Waals surface area (Å²) < 4.78 is 6.45. The van der Waals surface area contributed by atoms with Gasteiger partial charge in [-0.2, -0.15) is 0 Å². The number of nitrogens with zero attached hydrogens (tertiary/aromatic N) is 1. The quantitative estimate of drug-likeness (QED) is 0.157. The van der Waals surface area contributed by atoms with Crippen LogP contribution in [0.25, 0.3) is 98.4 Å². The number of furan rings is 1. The topological polar surface area (TPSA) is 16.4 Å². The summed E-state index contributed by atoms with van der Waals surface area (Å²) in [4.78, 5) is 2.40. The van der Waals surface area contributed by atoms with E-state index in [1.807, 2.05) is 6.07 Å². The Morgan fingerprint density at radius 3 is 1.62 bits per heavy atom. The number of fused-ring (bicyclic) bond motifs is 9. The molecule has 0 aliphatic carbocycles. The minimum Gasteiger partial charge on any atom is -0.456 e. The predicted octanol–water partition coefficient (Wildman–Crippen LogP) is 16.7. The van der Waals surface area contributed by atoms with Crippen molar-refractivity contribution in [1.82, 2.24) is 0 Å². The number of anilines is 3. The van der Waals surface area contributed by atoms with E-state index in [-0.39, 0.29) is 0 Å². The minimum absolute atomic E-state index is 0.865. The Labute approximate surface area is 347 Å². The first-order valence-electron chi connectivity index (χ1n) is 20.6. The van der Waals surface area contributed by atoms with Gasteiger partial charge < -0.3 is 9.32 Å². The molecule has 12 aromatic rings. The number of para-hydroxylation sites is 2. The smallest absolute Gasteiger partial charge is 0.137 e. The fraction of sp³-hybridized carbons (Fsp3) is 0. The highest BCUT2D eigenvalue weighted by atomic mass is 16.3. The molecule has 0 saturated heterocycles. The summed E-state index contributed by atoms with van der Waals surface area (Å²) in [6.45, 7) is 0. The van der Waals surface area contributed by atoms with Crippen LogP contribution in [0.5, 0.6) is 0 Å². The zero-order valence-corrected chi connectivity index (χ0v) is 32.7. The van der Waals surface area contributed by atoms with Crippen molar-refractivity contribution in [3.63, 3.8) is 0 Å². The molecule has 2 nitrogen and oxygen atoms in total. The molecule has 12 rings (SSSR count). The van der Waals surface area contributed by atoms with Crippen molar-refractivity contribution in [3.05, 3.63) is 224 Å². The molecule has 0 saturated carbocycles. The Morgan fingerprint density at radius 2 is 0.800 bits per heavy atom. The van der Waals surface area contributed by atoms with E-state index in [1.54, 1.807) is 0 Å². The molecule has 0 N–H and O–H groups in total. The van der Waals surface area contributed by atoms with Crippen molar-refractivity contribution in [2.24, 2.45) is 0 Å². The molecule has 0 unspecified atom stereocenters. The first kappa shape index (κ1) is 34.1. The molecule has 0 bridgehead atoms. The maximum atomic E-state index is 6.45. The van der Waals surface area contributed by atoms with Crippen LogP contribution in [0.2, 0.25) is 0 Å². The predicted molar refractivity (Wildman–Crippen MR) is 255 cm³/mol. The van der Waals surface area contributed by atoms with Crippen molar-refractivity contribution >= 4 is 82.1 Å². The molecule has 11 aromatic carbocycles. The molecular formula is C58H37NO. The van der Waals surface area contributed by atoms with Gasteiger partial charge in [-0.25, -0.2) is 0 Å². The van der Waals surface area contributed by atoms with Crippen LogP contribution in [0.3, 0.4) is 0 Å². The Balaban J connectivity index is 0.986. The highest BCUT2D eigenvalue weighted by Gasteiger charge is 2.22. The van der Waals surface area contributed by atoms with Gasteiger partial charge in [0.2, 0.25) is 0 Å². The lowest BCUT2D eigenvalue weighted by molar-refractivity contribution is 0.669. The van der Waals surface area contributed by atoms with E-state index in [2.05, 4.69) is 223 Å². The lowest BCUT2D eigenvalue weighted by atomic mass is 9.93. The summed E-state index contributed by atoms with van der Waals surface area (Å²) in [5.41, 5.74) is 12.0. The molecule has 0 aliphatic rings. The number of hydrogen-bond acceptors (Lipinski definition) is 2. The number of hydrogen-bond donors (Lipinski definition) is 0. The highest BCUT2D eigenvalue weighted by Crippen LogP contribution is 2.46. The van der Waals surface area contributed by atoms with Gasteiger partial charge in [0.1, 0.15) is 11.2 Å². The van der Waals surface area contributed by atoms with Crippen LogP contribution in [0, 0.1) is 0 Å². The summed E-state index contributed by atoms with van der Waals surface area (Å²) in [6.07, 6.45) is 0. The molecule has 0 amide bonds. The van der Waals surface area contributed by atoms with Crippen molar-refractivity contribution in [2.75, 3.05) is 4.90 Å². The van der Waals surface area contributed by atoms with Gasteiger partial charge >= 0.3 is 0 Å². The molecule has 2 heteroatoms. The van der Waals surface area contributed by atoms with Crippen molar-refractivity contribution in [2.45, 2.75) is 0 Å². The molecule has 0 spiro atoms. The van der Waals surface area contributed by atoms with E-state index < -0.39 is 0 Å². The molecule has 0 fully saturated rings. The van der Waals surface area contributed by atoms with E-state index in [1.165, 1.54) is 65.3 Å². The molecule has 0 aliphatic heterocycles. The maximum Gasteiger partial charge on any atom is 0.137 e. The Kier molecular flexibility index (Phi) is 7.89. The van der Waals surface area contributed by atoms with Crippen LogP contribution in [0.1, 0.15) is 0 Å². The van der Waals surface area contributed by atoms with Crippen molar-refractivity contribution in [3.8, 4) is 33.4 Å². The van der Waals surface area contributed by atoms with Gasteiger partial charge in [0.15, 0.2) is 0 Å². The summed E-state index contributed by atoms with van der Waals surface area (Å²) in [5.74, 6) is 0. The normalized spacial score (nSPS) is 11.7. The van der Waals surface area contributed by atoms with Crippen LogP contribution in [-0.2, 0) is 0 Å². The lowest BCUT2D eigenvalue weighted by Gasteiger charge is -2.28. The van der Waals surface area contributed by atoms with Gasteiger partial charge in [-0.1, -0.05) is 182 Å². The number of benzene rings is 11. The molecule has 0 radical (unpaired) electrons. The fourth-order valence-electron chi connectivity index (χ4n) is 9.38. The van der Waals surface area contributed by atoms with Crippen LogP contribution in [-0.4, -0.2) is 0 Å². The van der Waals surface area contributed by atoms with Crippen LogP contribution in [0.4, 0.5) is 17.1 Å². The van der Waals surface area contributed by atoms with E-state index in [0.29, 0.717) is 0 Å². The highest BCUT2D eigenvalue weighted by molar-refractivity contribution is 6.15. The molecule has 280 valence electrons. The summed E-state index contributed by atoms with van der Waals surface area (Å²) >= 11 is 0. The molecule has 1 heterocycles. The first-order valence-corrected chi connectivity index (χ1v) is 20.6. The Bertz CT molecular complexity index is 3600. The first-order chi connectivity index (χ1) is 29.7. The third kappa shape index (κ3) is 5.57. The zero-order valence-electron chi connectivity index (χ0n) is 32.7. The van der Waals surface area contributed by atoms with Gasteiger partial charge in [-0.05, 0) is 113 Å². The largest absolute Gasteiger partial charge is 0.456 e. The average molecular weight is 764 g/mol. The van der Waals surface area contributed by atoms with E-state index >= 15 is 0 Å². The van der Waals surface area contributed by atoms with Gasteiger partial charge in [-0.3, -0.25) is 0 Å². The van der Waals surface area contributed by atoms with Crippen LogP contribution in [0.15, 0.2) is 229 Å². The number of rotatable bonds is 6. The van der Waals surface area contributed by atoms with E-state index in [4.69, 9.17) is 4.42 Å². The fourth-order valence-corrected chi connectivity index (χ4v) is 9.38. The molecule has 1 aromatic heterocycles. The zero-order chi connectivity index (χ0) is 39.6. The van der Waals surface area contributed by atoms with Gasteiger partial charge in [-0.15, -0.1) is 0 Å². The third-order valence-electron chi connectivity index (χ3n) is 12.3. The Morgan fingerprint density at radius 1 is 0.283 bits per heavy atom. The molecule has 0 atom stereocenters. The third-order valence-corrected chi connectivity index (χ3v) is 12.3. The monoisotopic (exact) mass is 763 g/mol. The lowest BCUT2D eigenvalue weighted by Crippen LogP contribution is -2.11. The molecule has 60 heavy (non-hydrogen) atoms. The van der Waals surface area contributed by atoms with Crippen LogP contribution >= 0.6 is 0 Å². The Hall–Kier alpha value is -7.94. The second-order valence-electron chi connectivity index (χ2n) is 15.6. The van der Waals surface area contributed by atoms with E-state index in [9.17, 15) is 0 Å². The van der Waals surface area contributed by atoms with Crippen molar-refractivity contribution in [1.29, 1.82) is 0 Å². The second-order valence-corrected chi connectivity index (χ2v) is 15.6. The van der Waals surface area contributed by atoms with Gasteiger partial charge in [0.25, 0.3) is 0 Å².